The smallest absolute Gasteiger partial charge is 0.0826 e. The molecule has 92 valence electrons. The van der Waals surface area contributed by atoms with Gasteiger partial charge in [0.1, 0.15) is 0 Å². The van der Waals surface area contributed by atoms with Crippen molar-refractivity contribution in [1.29, 1.82) is 0 Å². The molecule has 0 aliphatic heterocycles. The molecule has 0 aromatic carbocycles. The van der Waals surface area contributed by atoms with Gasteiger partial charge in [0.25, 0.3) is 0 Å². The van der Waals surface area contributed by atoms with Crippen LogP contribution in [-0.4, -0.2) is 77.4 Å². The third-order valence-electron chi connectivity index (χ3n) is 1.38. The normalized spacial score (nSPS) is 9.67. The predicted octanol–water partition coefficient (Wildman–Crippen LogP) is -4.01. The number of aliphatic carboxylic acids is 1. The molecule has 4 N–H and O–H groups in total. The molecule has 0 saturated carbocycles. The molecule has 0 saturated heterocycles. The number of hydrogen-bond donors (Lipinski definition) is 4. The molecule has 0 spiro atoms. The number of carboxylic acid groups (broad SMARTS) is 1. The van der Waals surface area contributed by atoms with E-state index < -0.39 is 12.6 Å². The summed E-state index contributed by atoms with van der Waals surface area (Å²) >= 11 is 0. The van der Waals surface area contributed by atoms with Crippen LogP contribution in [-0.2, 0) is 4.79 Å². The topological polar surface area (TPSA) is 124 Å². The van der Waals surface area contributed by atoms with Gasteiger partial charge in [0.05, 0.1) is 32.4 Å². The molecular weight excluding hydrogens is 206 g/mol. The average molecular weight is 224 g/mol. The first-order valence-electron chi connectivity index (χ1n) is 4.48. The zero-order valence-corrected chi connectivity index (χ0v) is 8.50. The Labute approximate surface area is 88.2 Å². The number of carboxylic acids is 1. The van der Waals surface area contributed by atoms with Crippen LogP contribution in [0, 0.1) is 0 Å². The Morgan fingerprint density at radius 3 is 1.33 bits per heavy atom. The summed E-state index contributed by atoms with van der Waals surface area (Å²) in [6, 6.07) is 0. The monoisotopic (exact) mass is 224 g/mol. The second kappa shape index (κ2) is 13.3. The fraction of sp³-hybridized carbons (Fsp3) is 0.875. The van der Waals surface area contributed by atoms with Gasteiger partial charge in [0.15, 0.2) is 0 Å². The molecule has 0 radical (unpaired) electrons. The summed E-state index contributed by atoms with van der Waals surface area (Å²) in [5, 5.41) is 41.9. The Balaban J connectivity index is 0. The zero-order chi connectivity index (χ0) is 12.1. The first-order valence-corrected chi connectivity index (χ1v) is 4.48. The first-order chi connectivity index (χ1) is 7.12. The van der Waals surface area contributed by atoms with Crippen LogP contribution in [0.4, 0.5) is 0 Å². The minimum Gasteiger partial charge on any atom is -0.548 e. The highest BCUT2D eigenvalue weighted by molar-refractivity contribution is 5.65. The lowest BCUT2D eigenvalue weighted by atomic mass is 10.4. The molecule has 0 atom stereocenters. The molecule has 0 rings (SSSR count). The molecular formula is C8H18NO6-. The minimum atomic E-state index is -1.44. The number of carbonyl (C=O) groups excluding carboxylic acids is 1. The predicted molar refractivity (Wildman–Crippen MR) is 49.8 cm³/mol. The molecule has 0 aliphatic rings. The molecule has 0 aromatic rings. The number of aliphatic hydroxyl groups is 4. The van der Waals surface area contributed by atoms with Gasteiger partial charge in [-0.15, -0.1) is 0 Å². The molecule has 0 aliphatic carbocycles. The lowest BCUT2D eigenvalue weighted by Gasteiger charge is -2.17. The SMILES string of the molecule is O=C([O-])CO.OCCN(CCO)CCO. The van der Waals surface area contributed by atoms with Gasteiger partial charge in [0.2, 0.25) is 0 Å². The van der Waals surface area contributed by atoms with E-state index >= 15 is 0 Å². The molecule has 0 unspecified atom stereocenters. The van der Waals surface area contributed by atoms with Crippen LogP contribution in [0.3, 0.4) is 0 Å². The summed E-state index contributed by atoms with van der Waals surface area (Å²) < 4.78 is 0. The van der Waals surface area contributed by atoms with Gasteiger partial charge < -0.3 is 30.3 Å². The third-order valence-corrected chi connectivity index (χ3v) is 1.38. The lowest BCUT2D eigenvalue weighted by molar-refractivity contribution is -0.308. The van der Waals surface area contributed by atoms with Crippen LogP contribution in [0.2, 0.25) is 0 Å². The molecule has 0 bridgehead atoms. The van der Waals surface area contributed by atoms with Crippen molar-refractivity contribution in [3.05, 3.63) is 0 Å². The summed E-state index contributed by atoms with van der Waals surface area (Å²) in [5.41, 5.74) is 0. The van der Waals surface area contributed by atoms with E-state index in [-0.39, 0.29) is 19.8 Å². The van der Waals surface area contributed by atoms with E-state index in [0.29, 0.717) is 19.6 Å². The maximum Gasteiger partial charge on any atom is 0.0826 e. The maximum absolute atomic E-state index is 9.01. The quantitative estimate of drug-likeness (QED) is 0.347. The Morgan fingerprint density at radius 1 is 0.933 bits per heavy atom. The fourth-order valence-corrected chi connectivity index (χ4v) is 0.760. The zero-order valence-electron chi connectivity index (χ0n) is 8.50. The van der Waals surface area contributed by atoms with E-state index in [1.807, 2.05) is 0 Å². The van der Waals surface area contributed by atoms with E-state index in [2.05, 4.69) is 0 Å². The van der Waals surface area contributed by atoms with Crippen LogP contribution >= 0.6 is 0 Å². The van der Waals surface area contributed by atoms with Gasteiger partial charge in [-0.05, 0) is 0 Å². The molecule has 0 fully saturated rings. The number of hydrogen-bond acceptors (Lipinski definition) is 7. The van der Waals surface area contributed by atoms with E-state index in [4.69, 9.17) is 30.3 Å². The summed E-state index contributed by atoms with van der Waals surface area (Å²) in [5.74, 6) is -1.44. The molecule has 7 nitrogen and oxygen atoms in total. The second-order valence-corrected chi connectivity index (χ2v) is 2.54. The molecule has 0 aromatic heterocycles. The average Bonchev–Trinajstić information content (AvgIpc) is 2.20. The number of carbonyl (C=O) groups is 1. The maximum atomic E-state index is 9.01. The fourth-order valence-electron chi connectivity index (χ4n) is 0.760. The summed E-state index contributed by atoms with van der Waals surface area (Å²) in [6.07, 6.45) is 0. The van der Waals surface area contributed by atoms with Gasteiger partial charge in [-0.3, -0.25) is 4.90 Å². The summed E-state index contributed by atoms with van der Waals surface area (Å²) in [7, 11) is 0. The Morgan fingerprint density at radius 2 is 1.20 bits per heavy atom. The van der Waals surface area contributed by atoms with Crippen LogP contribution in [0.15, 0.2) is 0 Å². The Bertz CT molecular complexity index is 129. The van der Waals surface area contributed by atoms with Crippen molar-refractivity contribution >= 4 is 5.97 Å². The van der Waals surface area contributed by atoms with Crippen molar-refractivity contribution < 1.29 is 30.3 Å². The van der Waals surface area contributed by atoms with E-state index in [1.165, 1.54) is 0 Å². The highest BCUT2D eigenvalue weighted by Crippen LogP contribution is 1.84. The number of nitrogens with zero attached hydrogens (tertiary/aromatic N) is 1. The largest absolute Gasteiger partial charge is 0.548 e. The van der Waals surface area contributed by atoms with Crippen molar-refractivity contribution in [3.63, 3.8) is 0 Å². The molecule has 15 heavy (non-hydrogen) atoms. The van der Waals surface area contributed by atoms with Gasteiger partial charge >= 0.3 is 0 Å². The van der Waals surface area contributed by atoms with Crippen LogP contribution in [0.1, 0.15) is 0 Å². The second-order valence-electron chi connectivity index (χ2n) is 2.54. The van der Waals surface area contributed by atoms with Gasteiger partial charge in [-0.1, -0.05) is 0 Å². The van der Waals surface area contributed by atoms with Gasteiger partial charge in [-0.25, -0.2) is 0 Å². The van der Waals surface area contributed by atoms with Crippen molar-refractivity contribution in [2.24, 2.45) is 0 Å². The minimum absolute atomic E-state index is 0.0694. The van der Waals surface area contributed by atoms with Crippen LogP contribution < -0.4 is 5.11 Å². The van der Waals surface area contributed by atoms with E-state index in [0.717, 1.165) is 0 Å². The standard InChI is InChI=1S/C6H15NO3.C2H4O3/c8-4-1-7(2-5-9)3-6-10;3-1-2(4)5/h8-10H,1-6H2;3H,1H2,(H,4,5)/p-1. The summed E-state index contributed by atoms with van der Waals surface area (Å²) in [4.78, 5) is 10.8. The third kappa shape index (κ3) is 16.0. The Kier molecular flexibility index (Phi) is 14.8. The van der Waals surface area contributed by atoms with Crippen molar-refractivity contribution in [2.75, 3.05) is 46.1 Å². The van der Waals surface area contributed by atoms with Crippen LogP contribution in [0.5, 0.6) is 0 Å². The molecule has 0 amide bonds. The van der Waals surface area contributed by atoms with Crippen molar-refractivity contribution in [1.82, 2.24) is 4.90 Å². The van der Waals surface area contributed by atoms with Crippen molar-refractivity contribution in [3.8, 4) is 0 Å². The number of aliphatic hydroxyl groups excluding tert-OH is 4. The Hall–Kier alpha value is -0.730. The van der Waals surface area contributed by atoms with Gasteiger partial charge in [-0.2, -0.15) is 0 Å². The highest BCUT2D eigenvalue weighted by atomic mass is 16.4. The van der Waals surface area contributed by atoms with Gasteiger partial charge in [0, 0.05) is 19.6 Å². The molecule has 0 heterocycles. The van der Waals surface area contributed by atoms with E-state index in [9.17, 15) is 0 Å². The lowest BCUT2D eigenvalue weighted by Crippen LogP contribution is -2.32. The van der Waals surface area contributed by atoms with Crippen LogP contribution in [0.25, 0.3) is 0 Å². The highest BCUT2D eigenvalue weighted by Gasteiger charge is 2.00. The molecule has 7 heteroatoms. The first kappa shape index (κ1) is 16.7. The number of rotatable bonds is 7. The summed E-state index contributed by atoms with van der Waals surface area (Å²) in [6.45, 7) is 0.864. The van der Waals surface area contributed by atoms with E-state index in [1.54, 1.807) is 4.90 Å². The van der Waals surface area contributed by atoms with Crippen molar-refractivity contribution in [2.45, 2.75) is 0 Å².